The van der Waals surface area contributed by atoms with Gasteiger partial charge in [-0.2, -0.15) is 0 Å². The van der Waals surface area contributed by atoms with Crippen molar-refractivity contribution in [3.8, 4) is 0 Å². The van der Waals surface area contributed by atoms with Crippen LogP contribution >= 0.6 is 11.3 Å². The smallest absolute Gasteiger partial charge is 0.345 e. The fourth-order valence-corrected chi connectivity index (χ4v) is 4.53. The van der Waals surface area contributed by atoms with Crippen molar-refractivity contribution in [2.24, 2.45) is 0 Å². The van der Waals surface area contributed by atoms with Gasteiger partial charge in [-0.25, -0.2) is 17.9 Å². The van der Waals surface area contributed by atoms with Crippen LogP contribution in [0.15, 0.2) is 11.0 Å². The van der Waals surface area contributed by atoms with Crippen LogP contribution in [0, 0.1) is 6.92 Å². The normalized spacial score (nSPS) is 13.3. The summed E-state index contributed by atoms with van der Waals surface area (Å²) in [7, 11) is -2.22. The van der Waals surface area contributed by atoms with E-state index in [0.717, 1.165) is 17.8 Å². The number of carboxylic acid groups (broad SMARTS) is 1. The molecule has 0 fully saturated rings. The third-order valence-electron chi connectivity index (χ3n) is 2.70. The number of carbonyl (C=O) groups is 1. The Kier molecular flexibility index (Phi) is 6.12. The van der Waals surface area contributed by atoms with E-state index in [-0.39, 0.29) is 22.4 Å². The number of ether oxygens (including phenoxy) is 1. The molecule has 0 saturated carbocycles. The molecule has 0 aliphatic rings. The summed E-state index contributed by atoms with van der Waals surface area (Å²) in [6.07, 6.45) is 1.47. The molecule has 0 aromatic carbocycles. The number of hydrogen-bond donors (Lipinski definition) is 2. The van der Waals surface area contributed by atoms with Crippen molar-refractivity contribution < 1.29 is 23.1 Å². The maximum Gasteiger partial charge on any atom is 0.345 e. The Hall–Kier alpha value is -0.960. The Balaban J connectivity index is 3.00. The van der Waals surface area contributed by atoms with E-state index in [0.29, 0.717) is 11.3 Å². The van der Waals surface area contributed by atoms with Gasteiger partial charge in [0.2, 0.25) is 10.0 Å². The summed E-state index contributed by atoms with van der Waals surface area (Å²) >= 11 is 0.953. The number of sulfonamides is 1. The first-order valence-corrected chi connectivity index (χ1v) is 8.46. The van der Waals surface area contributed by atoms with Crippen LogP contribution < -0.4 is 4.72 Å². The fourth-order valence-electron chi connectivity index (χ4n) is 1.85. The van der Waals surface area contributed by atoms with Gasteiger partial charge in [-0.1, -0.05) is 13.3 Å². The number of carboxylic acids is 1. The molecule has 0 amide bonds. The fraction of sp³-hybridized carbons (Fsp3) is 0.583. The van der Waals surface area contributed by atoms with Crippen LogP contribution in [0.3, 0.4) is 0 Å². The van der Waals surface area contributed by atoms with Crippen molar-refractivity contribution in [3.63, 3.8) is 0 Å². The molecule has 1 atom stereocenters. The first-order chi connectivity index (χ1) is 9.31. The van der Waals surface area contributed by atoms with Crippen LogP contribution in [0.4, 0.5) is 0 Å². The molecule has 0 aliphatic carbocycles. The monoisotopic (exact) mass is 321 g/mol. The van der Waals surface area contributed by atoms with Crippen molar-refractivity contribution >= 4 is 27.3 Å². The van der Waals surface area contributed by atoms with Gasteiger partial charge in [0, 0.05) is 18.0 Å². The van der Waals surface area contributed by atoms with Gasteiger partial charge in [0.1, 0.15) is 4.88 Å². The van der Waals surface area contributed by atoms with E-state index < -0.39 is 16.0 Å². The number of rotatable bonds is 8. The Labute approximate surface area is 122 Å². The third-order valence-corrected chi connectivity index (χ3v) is 5.51. The van der Waals surface area contributed by atoms with Gasteiger partial charge in [-0.3, -0.25) is 0 Å². The molecule has 0 radical (unpaired) electrons. The lowest BCUT2D eigenvalue weighted by Crippen LogP contribution is -2.37. The first kappa shape index (κ1) is 17.1. The van der Waals surface area contributed by atoms with E-state index in [9.17, 15) is 13.2 Å². The topological polar surface area (TPSA) is 92.7 Å². The Morgan fingerprint density at radius 3 is 2.65 bits per heavy atom. The second-order valence-electron chi connectivity index (χ2n) is 4.40. The lowest BCUT2D eigenvalue weighted by Gasteiger charge is -2.17. The van der Waals surface area contributed by atoms with E-state index in [1.54, 1.807) is 6.92 Å². The Morgan fingerprint density at radius 1 is 1.55 bits per heavy atom. The number of thiophene rings is 1. The summed E-state index contributed by atoms with van der Waals surface area (Å²) < 4.78 is 32.2. The summed E-state index contributed by atoms with van der Waals surface area (Å²) in [5, 5.41) is 8.91. The molecule has 0 aliphatic heterocycles. The number of methoxy groups -OCH3 is 1. The molecule has 6 nitrogen and oxygen atoms in total. The Bertz CT molecular complexity index is 558. The van der Waals surface area contributed by atoms with Crippen LogP contribution in [-0.2, 0) is 14.8 Å². The maximum atomic E-state index is 12.3. The van der Waals surface area contributed by atoms with Gasteiger partial charge >= 0.3 is 5.97 Å². The molecule has 8 heteroatoms. The van der Waals surface area contributed by atoms with Crippen LogP contribution in [0.1, 0.15) is 34.3 Å². The molecule has 0 spiro atoms. The molecule has 1 heterocycles. The summed E-state index contributed by atoms with van der Waals surface area (Å²) in [4.78, 5) is 11.4. The van der Waals surface area contributed by atoms with Gasteiger partial charge in [-0.15, -0.1) is 11.3 Å². The van der Waals surface area contributed by atoms with Gasteiger partial charge in [0.25, 0.3) is 0 Å². The summed E-state index contributed by atoms with van der Waals surface area (Å²) in [6.45, 7) is 3.83. The zero-order valence-electron chi connectivity index (χ0n) is 11.7. The van der Waals surface area contributed by atoms with Crippen molar-refractivity contribution in [1.82, 2.24) is 4.72 Å². The minimum atomic E-state index is -3.73. The van der Waals surface area contributed by atoms with Gasteiger partial charge in [-0.05, 0) is 19.4 Å². The largest absolute Gasteiger partial charge is 0.477 e. The summed E-state index contributed by atoms with van der Waals surface area (Å²) in [5.74, 6) is -1.12. The molecule has 1 rings (SSSR count). The third kappa shape index (κ3) is 4.27. The second kappa shape index (κ2) is 7.16. The van der Waals surface area contributed by atoms with Crippen molar-refractivity contribution in [2.75, 3.05) is 13.7 Å². The molecule has 1 unspecified atom stereocenters. The summed E-state index contributed by atoms with van der Waals surface area (Å²) in [5.41, 5.74) is 0. The number of aryl methyl sites for hydroxylation is 1. The van der Waals surface area contributed by atoms with Gasteiger partial charge in [0.05, 0.1) is 11.5 Å². The van der Waals surface area contributed by atoms with Crippen molar-refractivity contribution in [3.05, 3.63) is 15.8 Å². The molecule has 0 saturated heterocycles. The Morgan fingerprint density at radius 2 is 2.20 bits per heavy atom. The molecule has 0 bridgehead atoms. The zero-order chi connectivity index (χ0) is 15.3. The van der Waals surface area contributed by atoms with Crippen LogP contribution in [0.2, 0.25) is 0 Å². The van der Waals surface area contributed by atoms with E-state index in [1.807, 2.05) is 6.92 Å². The van der Waals surface area contributed by atoms with E-state index in [2.05, 4.69) is 4.72 Å². The SMILES string of the molecule is CCCC(COC)NS(=O)(=O)c1cc(C(=O)O)sc1C. The molecule has 20 heavy (non-hydrogen) atoms. The minimum Gasteiger partial charge on any atom is -0.477 e. The number of nitrogens with one attached hydrogen (secondary N) is 1. The van der Waals surface area contributed by atoms with E-state index >= 15 is 0 Å². The van der Waals surface area contributed by atoms with Crippen molar-refractivity contribution in [2.45, 2.75) is 37.6 Å². The van der Waals surface area contributed by atoms with Gasteiger partial charge < -0.3 is 9.84 Å². The lowest BCUT2D eigenvalue weighted by molar-refractivity contribution is 0.0702. The standard InChI is InChI=1S/C12H19NO5S2/c1-4-5-9(7-18-3)13-20(16,17)11-6-10(12(14)15)19-8(11)2/h6,9,13H,4-5,7H2,1-3H3,(H,14,15). The molecular formula is C12H19NO5S2. The lowest BCUT2D eigenvalue weighted by atomic mass is 10.2. The second-order valence-corrected chi connectivity index (χ2v) is 7.34. The predicted molar refractivity (Wildman–Crippen MR) is 76.9 cm³/mol. The molecule has 2 N–H and O–H groups in total. The highest BCUT2D eigenvalue weighted by Crippen LogP contribution is 2.26. The first-order valence-electron chi connectivity index (χ1n) is 6.16. The van der Waals surface area contributed by atoms with E-state index in [4.69, 9.17) is 9.84 Å². The molecule has 1 aromatic heterocycles. The highest BCUT2D eigenvalue weighted by atomic mass is 32.2. The highest BCUT2D eigenvalue weighted by Gasteiger charge is 2.24. The zero-order valence-corrected chi connectivity index (χ0v) is 13.3. The maximum absolute atomic E-state index is 12.3. The van der Waals surface area contributed by atoms with Gasteiger partial charge in [0.15, 0.2) is 0 Å². The molecule has 114 valence electrons. The molecule has 1 aromatic rings. The number of aromatic carboxylic acids is 1. The molecular weight excluding hydrogens is 302 g/mol. The predicted octanol–water partition coefficient (Wildman–Crippen LogP) is 1.85. The highest BCUT2D eigenvalue weighted by molar-refractivity contribution is 7.89. The van der Waals surface area contributed by atoms with Crippen LogP contribution in [-0.4, -0.2) is 39.3 Å². The minimum absolute atomic E-state index is 0.0154. The average Bonchev–Trinajstić information content (AvgIpc) is 2.72. The number of hydrogen-bond acceptors (Lipinski definition) is 5. The van der Waals surface area contributed by atoms with E-state index in [1.165, 1.54) is 13.2 Å². The average molecular weight is 321 g/mol. The van der Waals surface area contributed by atoms with Crippen LogP contribution in [0.5, 0.6) is 0 Å². The van der Waals surface area contributed by atoms with Crippen molar-refractivity contribution in [1.29, 1.82) is 0 Å². The van der Waals surface area contributed by atoms with Crippen LogP contribution in [0.25, 0.3) is 0 Å². The summed E-state index contributed by atoms with van der Waals surface area (Å²) in [6, 6.07) is 0.878. The quantitative estimate of drug-likeness (QED) is 0.762.